The first-order valence-corrected chi connectivity index (χ1v) is 8.54. The van der Waals surface area contributed by atoms with Crippen LogP contribution in [0.4, 0.5) is 0 Å². The monoisotopic (exact) mass is 297 g/mol. The minimum absolute atomic E-state index is 0.215. The summed E-state index contributed by atoms with van der Waals surface area (Å²) in [7, 11) is 0. The Morgan fingerprint density at radius 2 is 2.00 bits per heavy atom. The zero-order valence-electron chi connectivity index (χ0n) is 12.1. The van der Waals surface area contributed by atoms with Crippen molar-refractivity contribution in [2.75, 3.05) is 6.54 Å². The summed E-state index contributed by atoms with van der Waals surface area (Å²) in [4.78, 5) is 1.46. The normalized spacial score (nSPS) is 33.5. The van der Waals surface area contributed by atoms with E-state index in [4.69, 9.17) is 11.6 Å². The van der Waals surface area contributed by atoms with Gasteiger partial charge < -0.3 is 5.32 Å². The Kier molecular flexibility index (Phi) is 3.48. The third kappa shape index (κ3) is 3.34. The van der Waals surface area contributed by atoms with Crippen molar-refractivity contribution < 1.29 is 0 Å². The molecule has 0 aromatic carbocycles. The predicted octanol–water partition coefficient (Wildman–Crippen LogP) is 4.75. The van der Waals surface area contributed by atoms with Crippen molar-refractivity contribution in [3.05, 3.63) is 21.3 Å². The fourth-order valence-electron chi connectivity index (χ4n) is 3.63. The summed E-state index contributed by atoms with van der Waals surface area (Å²) in [5.74, 6) is 2.05. The molecule has 2 saturated carbocycles. The van der Waals surface area contributed by atoms with Crippen LogP contribution in [0.15, 0.2) is 12.1 Å². The molecule has 19 heavy (non-hydrogen) atoms. The molecular weight excluding hydrogens is 274 g/mol. The first-order chi connectivity index (χ1) is 8.85. The summed E-state index contributed by atoms with van der Waals surface area (Å²) in [6, 6.07) is 4.26. The van der Waals surface area contributed by atoms with Crippen molar-refractivity contribution in [2.45, 2.75) is 52.0 Å². The molecule has 0 spiro atoms. The smallest absolute Gasteiger partial charge is 0.0931 e. The maximum Gasteiger partial charge on any atom is 0.0931 e. The van der Waals surface area contributed by atoms with E-state index in [1.54, 1.807) is 11.3 Å². The summed E-state index contributed by atoms with van der Waals surface area (Å²) in [6.07, 6.45) is 5.52. The number of fused-ring (bicyclic) bond motifs is 1. The number of hydrogen-bond donors (Lipinski definition) is 1. The Labute approximate surface area is 125 Å². The van der Waals surface area contributed by atoms with Crippen molar-refractivity contribution in [2.24, 2.45) is 17.3 Å². The molecule has 0 bridgehead atoms. The Morgan fingerprint density at radius 1 is 1.32 bits per heavy atom. The van der Waals surface area contributed by atoms with Crippen LogP contribution in [-0.2, 0) is 6.42 Å². The first-order valence-electron chi connectivity index (χ1n) is 7.35. The van der Waals surface area contributed by atoms with E-state index in [0.717, 1.165) is 22.7 Å². The van der Waals surface area contributed by atoms with Gasteiger partial charge in [0, 0.05) is 17.0 Å². The molecule has 0 aliphatic heterocycles. The quantitative estimate of drug-likeness (QED) is 0.846. The second-order valence-electron chi connectivity index (χ2n) is 7.65. The topological polar surface area (TPSA) is 12.0 Å². The molecule has 2 unspecified atom stereocenters. The zero-order chi connectivity index (χ0) is 13.7. The van der Waals surface area contributed by atoms with Crippen LogP contribution in [0.1, 0.15) is 44.9 Å². The van der Waals surface area contributed by atoms with Crippen LogP contribution in [0.5, 0.6) is 0 Å². The highest BCUT2D eigenvalue weighted by Crippen LogP contribution is 2.61. The van der Waals surface area contributed by atoms with Gasteiger partial charge in [0.1, 0.15) is 0 Å². The third-order valence-corrected chi connectivity index (χ3v) is 5.86. The maximum absolute atomic E-state index is 6.08. The standard InChI is InChI=1S/C16H24ClNS/c1-15(2,3)18-10-16(7-11-6-12(11)8-16)9-13-4-5-14(17)19-13/h4-5,11-12,18H,6-10H2,1-3H3. The molecule has 2 aliphatic rings. The van der Waals surface area contributed by atoms with Crippen LogP contribution in [-0.4, -0.2) is 12.1 Å². The molecule has 0 amide bonds. The average Bonchev–Trinajstić information content (AvgIpc) is 2.71. The van der Waals surface area contributed by atoms with E-state index in [-0.39, 0.29) is 5.54 Å². The Balaban J connectivity index is 1.70. The second kappa shape index (κ2) is 4.75. The molecule has 1 nitrogen and oxygen atoms in total. The number of thiophene rings is 1. The van der Waals surface area contributed by atoms with Crippen LogP contribution in [0.25, 0.3) is 0 Å². The highest BCUT2D eigenvalue weighted by atomic mass is 35.5. The van der Waals surface area contributed by atoms with Crippen molar-refractivity contribution in [3.63, 3.8) is 0 Å². The van der Waals surface area contributed by atoms with Gasteiger partial charge in [-0.15, -0.1) is 11.3 Å². The lowest BCUT2D eigenvalue weighted by Crippen LogP contribution is -2.44. The lowest BCUT2D eigenvalue weighted by molar-refractivity contribution is 0.223. The van der Waals surface area contributed by atoms with Gasteiger partial charge >= 0.3 is 0 Å². The Bertz CT molecular complexity index is 450. The van der Waals surface area contributed by atoms with Crippen molar-refractivity contribution in [1.29, 1.82) is 0 Å². The van der Waals surface area contributed by atoms with Crippen molar-refractivity contribution in [1.82, 2.24) is 5.32 Å². The molecule has 2 atom stereocenters. The van der Waals surface area contributed by atoms with Crippen LogP contribution < -0.4 is 5.32 Å². The lowest BCUT2D eigenvalue weighted by atomic mass is 9.78. The number of hydrogen-bond acceptors (Lipinski definition) is 2. The van der Waals surface area contributed by atoms with Gasteiger partial charge in [0.05, 0.1) is 4.34 Å². The SMILES string of the molecule is CC(C)(C)NCC1(Cc2ccc(Cl)s2)CC2CC2C1. The minimum atomic E-state index is 0.215. The van der Waals surface area contributed by atoms with Gasteiger partial charge in [-0.25, -0.2) is 0 Å². The van der Waals surface area contributed by atoms with Crippen molar-refractivity contribution >= 4 is 22.9 Å². The molecule has 0 saturated heterocycles. The van der Waals surface area contributed by atoms with Gasteiger partial charge in [-0.05, 0) is 75.8 Å². The molecule has 106 valence electrons. The summed E-state index contributed by atoms with van der Waals surface area (Å²) in [6.45, 7) is 7.94. The maximum atomic E-state index is 6.08. The van der Waals surface area contributed by atoms with Gasteiger partial charge in [-0.2, -0.15) is 0 Å². The molecule has 1 aromatic heterocycles. The molecule has 0 radical (unpaired) electrons. The van der Waals surface area contributed by atoms with E-state index in [1.807, 2.05) is 6.07 Å². The van der Waals surface area contributed by atoms with Crippen LogP contribution in [0.2, 0.25) is 4.34 Å². The zero-order valence-corrected chi connectivity index (χ0v) is 13.7. The van der Waals surface area contributed by atoms with Gasteiger partial charge in [0.25, 0.3) is 0 Å². The van der Waals surface area contributed by atoms with E-state index in [2.05, 4.69) is 32.2 Å². The first kappa shape index (κ1) is 13.9. The van der Waals surface area contributed by atoms with Gasteiger partial charge in [0.2, 0.25) is 0 Å². The van der Waals surface area contributed by atoms with Crippen molar-refractivity contribution in [3.8, 4) is 0 Å². The molecule has 3 heteroatoms. The van der Waals surface area contributed by atoms with E-state index in [0.29, 0.717) is 5.41 Å². The minimum Gasteiger partial charge on any atom is -0.312 e. The summed E-state index contributed by atoms with van der Waals surface area (Å²) in [5.41, 5.74) is 0.696. The number of rotatable bonds is 4. The highest BCUT2D eigenvalue weighted by Gasteiger charge is 2.53. The second-order valence-corrected chi connectivity index (χ2v) is 9.45. The molecule has 3 rings (SSSR count). The van der Waals surface area contributed by atoms with Crippen LogP contribution in [0, 0.1) is 17.3 Å². The Morgan fingerprint density at radius 3 is 2.53 bits per heavy atom. The van der Waals surface area contributed by atoms with Crippen LogP contribution in [0.3, 0.4) is 0 Å². The van der Waals surface area contributed by atoms with E-state index >= 15 is 0 Å². The fourth-order valence-corrected chi connectivity index (χ4v) is 4.89. The van der Waals surface area contributed by atoms with E-state index in [1.165, 1.54) is 30.6 Å². The molecule has 1 N–H and O–H groups in total. The molecule has 2 fully saturated rings. The molecule has 2 aliphatic carbocycles. The molecular formula is C16H24ClNS. The van der Waals surface area contributed by atoms with Gasteiger partial charge in [-0.1, -0.05) is 11.6 Å². The highest BCUT2D eigenvalue weighted by molar-refractivity contribution is 7.16. The van der Waals surface area contributed by atoms with E-state index in [9.17, 15) is 0 Å². The molecule has 1 heterocycles. The van der Waals surface area contributed by atoms with Crippen LogP contribution >= 0.6 is 22.9 Å². The van der Waals surface area contributed by atoms with E-state index < -0.39 is 0 Å². The lowest BCUT2D eigenvalue weighted by Gasteiger charge is -2.34. The summed E-state index contributed by atoms with van der Waals surface area (Å²) >= 11 is 7.84. The number of nitrogens with one attached hydrogen (secondary N) is 1. The Hall–Kier alpha value is -0.0500. The van der Waals surface area contributed by atoms with Gasteiger partial charge in [-0.3, -0.25) is 0 Å². The molecule has 1 aromatic rings. The predicted molar refractivity (Wildman–Crippen MR) is 84.1 cm³/mol. The average molecular weight is 298 g/mol. The van der Waals surface area contributed by atoms with Gasteiger partial charge in [0.15, 0.2) is 0 Å². The summed E-state index contributed by atoms with van der Waals surface area (Å²) < 4.78 is 0.928. The number of halogens is 1. The fraction of sp³-hybridized carbons (Fsp3) is 0.750. The largest absolute Gasteiger partial charge is 0.312 e. The summed E-state index contributed by atoms with van der Waals surface area (Å²) in [5, 5.41) is 3.74. The third-order valence-electron chi connectivity index (χ3n) is 4.63.